The summed E-state index contributed by atoms with van der Waals surface area (Å²) in [5.41, 5.74) is -1.34. The van der Waals surface area contributed by atoms with Gasteiger partial charge in [-0.1, -0.05) is 6.07 Å². The number of nitro benzene ring substituents is 1. The maximum absolute atomic E-state index is 13.6. The molecule has 2 aromatic rings. The van der Waals surface area contributed by atoms with E-state index in [1.54, 1.807) is 0 Å². The topological polar surface area (TPSA) is 108 Å². The lowest BCUT2D eigenvalue weighted by Gasteiger charge is -2.15. The number of carbonyl (C=O) groups excluding carboxylic acids is 2. The van der Waals surface area contributed by atoms with E-state index in [1.165, 1.54) is 20.1 Å². The first-order valence-electron chi connectivity index (χ1n) is 7.53. The predicted octanol–water partition coefficient (Wildman–Crippen LogP) is 3.07. The number of ether oxygens (including phenoxy) is 2. The lowest BCUT2D eigenvalue weighted by atomic mass is 10.1. The largest absolute Gasteiger partial charge is 0.496 e. The molecule has 27 heavy (non-hydrogen) atoms. The second-order valence-electron chi connectivity index (χ2n) is 5.28. The number of hydrogen-bond donors (Lipinski definition) is 1. The molecule has 0 aliphatic heterocycles. The zero-order valence-corrected chi connectivity index (χ0v) is 14.2. The molecule has 0 bridgehead atoms. The van der Waals surface area contributed by atoms with Gasteiger partial charge in [0.2, 0.25) is 0 Å². The Labute approximate surface area is 151 Å². The number of anilines is 1. The summed E-state index contributed by atoms with van der Waals surface area (Å²) in [6.07, 6.45) is -1.44. The quantitative estimate of drug-likeness (QED) is 0.469. The number of nitrogens with zero attached hydrogens (tertiary/aromatic N) is 1. The predicted molar refractivity (Wildman–Crippen MR) is 89.5 cm³/mol. The zero-order chi connectivity index (χ0) is 20.1. The molecule has 2 rings (SSSR count). The minimum Gasteiger partial charge on any atom is -0.496 e. The first-order valence-corrected chi connectivity index (χ1v) is 7.53. The minimum atomic E-state index is -1.44. The van der Waals surface area contributed by atoms with Gasteiger partial charge in [0.15, 0.2) is 6.10 Å². The van der Waals surface area contributed by atoms with E-state index >= 15 is 0 Å². The molecule has 0 aliphatic rings. The fourth-order valence-electron chi connectivity index (χ4n) is 2.09. The number of methoxy groups -OCH3 is 1. The van der Waals surface area contributed by atoms with Gasteiger partial charge in [0.25, 0.3) is 11.6 Å². The van der Waals surface area contributed by atoms with Crippen molar-refractivity contribution in [1.29, 1.82) is 0 Å². The molecule has 0 fully saturated rings. The fraction of sp³-hybridized carbons (Fsp3) is 0.176. The summed E-state index contributed by atoms with van der Waals surface area (Å²) in [4.78, 5) is 34.4. The molecule has 0 radical (unpaired) electrons. The fourth-order valence-corrected chi connectivity index (χ4v) is 2.09. The number of nitrogens with one attached hydrogen (secondary N) is 1. The molecule has 1 N–H and O–H groups in total. The van der Waals surface area contributed by atoms with E-state index in [0.717, 1.165) is 30.3 Å². The SMILES string of the molecule is COc1ccc([N+](=O)[O-])cc1C(=O)O[C@H](C)C(=O)Nc1c(F)cccc1F. The van der Waals surface area contributed by atoms with Crippen molar-refractivity contribution in [3.8, 4) is 5.75 Å². The smallest absolute Gasteiger partial charge is 0.342 e. The lowest BCUT2D eigenvalue weighted by Crippen LogP contribution is -2.30. The van der Waals surface area contributed by atoms with Crippen LogP contribution in [-0.2, 0) is 9.53 Å². The highest BCUT2D eigenvalue weighted by molar-refractivity contribution is 5.98. The number of non-ortho nitro benzene ring substituents is 1. The van der Waals surface area contributed by atoms with Crippen LogP contribution in [-0.4, -0.2) is 30.0 Å². The molecular weight excluding hydrogens is 366 g/mol. The Morgan fingerprint density at radius 3 is 2.37 bits per heavy atom. The summed E-state index contributed by atoms with van der Waals surface area (Å²) in [5.74, 6) is -4.06. The molecule has 1 atom stereocenters. The molecule has 0 unspecified atom stereocenters. The third kappa shape index (κ3) is 4.54. The van der Waals surface area contributed by atoms with Crippen molar-refractivity contribution in [2.75, 3.05) is 12.4 Å². The van der Waals surface area contributed by atoms with Crippen LogP contribution in [0.4, 0.5) is 20.2 Å². The molecule has 0 heterocycles. The summed E-state index contributed by atoms with van der Waals surface area (Å²) in [5, 5.41) is 12.8. The number of nitro groups is 1. The first kappa shape index (κ1) is 19.8. The number of esters is 1. The van der Waals surface area contributed by atoms with Crippen LogP contribution in [0.1, 0.15) is 17.3 Å². The normalized spacial score (nSPS) is 11.4. The first-order chi connectivity index (χ1) is 12.7. The number of halogens is 2. The highest BCUT2D eigenvalue weighted by Gasteiger charge is 2.24. The molecule has 1 amide bonds. The highest BCUT2D eigenvalue weighted by Crippen LogP contribution is 2.25. The second kappa shape index (κ2) is 8.21. The average molecular weight is 380 g/mol. The van der Waals surface area contributed by atoms with Crippen LogP contribution in [0.5, 0.6) is 5.75 Å². The van der Waals surface area contributed by atoms with Crippen molar-refractivity contribution < 1.29 is 32.8 Å². The number of benzene rings is 2. The standard InChI is InChI=1S/C17H14F2N2O6/c1-9(16(22)20-15-12(18)4-3-5-13(15)19)27-17(23)11-8-10(21(24)25)6-7-14(11)26-2/h3-9H,1-2H3,(H,20,22)/t9-/m1/s1. The van der Waals surface area contributed by atoms with E-state index in [2.05, 4.69) is 0 Å². The van der Waals surface area contributed by atoms with Crippen molar-refractivity contribution in [2.24, 2.45) is 0 Å². The van der Waals surface area contributed by atoms with E-state index in [-0.39, 0.29) is 17.0 Å². The maximum atomic E-state index is 13.6. The summed E-state index contributed by atoms with van der Waals surface area (Å²) < 4.78 is 37.0. The molecule has 0 saturated heterocycles. The second-order valence-corrected chi connectivity index (χ2v) is 5.28. The minimum absolute atomic E-state index is 0.00152. The van der Waals surface area contributed by atoms with Crippen molar-refractivity contribution in [2.45, 2.75) is 13.0 Å². The molecule has 142 valence electrons. The van der Waals surface area contributed by atoms with Gasteiger partial charge in [0.05, 0.1) is 12.0 Å². The third-order valence-electron chi connectivity index (χ3n) is 3.48. The molecule has 10 heteroatoms. The van der Waals surface area contributed by atoms with Crippen LogP contribution in [0.25, 0.3) is 0 Å². The van der Waals surface area contributed by atoms with E-state index < -0.39 is 40.2 Å². The van der Waals surface area contributed by atoms with Crippen molar-refractivity contribution in [1.82, 2.24) is 0 Å². The summed E-state index contributed by atoms with van der Waals surface area (Å²) >= 11 is 0. The molecule has 0 aromatic heterocycles. The average Bonchev–Trinajstić information content (AvgIpc) is 2.63. The number of amides is 1. The molecule has 0 spiro atoms. The van der Waals surface area contributed by atoms with Crippen molar-refractivity contribution in [3.63, 3.8) is 0 Å². The van der Waals surface area contributed by atoms with Gasteiger partial charge in [0.1, 0.15) is 28.6 Å². The Hall–Kier alpha value is -3.56. The van der Waals surface area contributed by atoms with Gasteiger partial charge in [-0.3, -0.25) is 14.9 Å². The van der Waals surface area contributed by atoms with Crippen LogP contribution in [0.2, 0.25) is 0 Å². The number of rotatable bonds is 6. The Morgan fingerprint density at radius 1 is 1.19 bits per heavy atom. The molecular formula is C17H14F2N2O6. The zero-order valence-electron chi connectivity index (χ0n) is 14.2. The lowest BCUT2D eigenvalue weighted by molar-refractivity contribution is -0.384. The van der Waals surface area contributed by atoms with Crippen LogP contribution >= 0.6 is 0 Å². The van der Waals surface area contributed by atoms with E-state index in [4.69, 9.17) is 9.47 Å². The molecule has 0 saturated carbocycles. The third-order valence-corrected chi connectivity index (χ3v) is 3.48. The number of para-hydroxylation sites is 1. The monoisotopic (exact) mass is 380 g/mol. The summed E-state index contributed by atoms with van der Waals surface area (Å²) in [7, 11) is 1.25. The number of hydrogen-bond acceptors (Lipinski definition) is 6. The van der Waals surface area contributed by atoms with Gasteiger partial charge < -0.3 is 14.8 Å². The van der Waals surface area contributed by atoms with Gasteiger partial charge in [-0.2, -0.15) is 0 Å². The van der Waals surface area contributed by atoms with Gasteiger partial charge >= 0.3 is 5.97 Å². The van der Waals surface area contributed by atoms with E-state index in [9.17, 15) is 28.5 Å². The maximum Gasteiger partial charge on any atom is 0.342 e. The number of carbonyl (C=O) groups is 2. The van der Waals surface area contributed by atoms with Gasteiger partial charge in [-0.05, 0) is 25.1 Å². The Kier molecular flexibility index (Phi) is 6.01. The van der Waals surface area contributed by atoms with Crippen LogP contribution in [0, 0.1) is 21.7 Å². The molecule has 8 nitrogen and oxygen atoms in total. The summed E-state index contributed by atoms with van der Waals surface area (Å²) in [6, 6.07) is 6.29. The highest BCUT2D eigenvalue weighted by atomic mass is 19.1. The van der Waals surface area contributed by atoms with Crippen molar-refractivity contribution >= 4 is 23.3 Å². The van der Waals surface area contributed by atoms with E-state index in [0.29, 0.717) is 0 Å². The van der Waals surface area contributed by atoms with Gasteiger partial charge in [0, 0.05) is 12.1 Å². The van der Waals surface area contributed by atoms with Crippen molar-refractivity contribution in [3.05, 3.63) is 63.7 Å². The van der Waals surface area contributed by atoms with Crippen LogP contribution in [0.15, 0.2) is 36.4 Å². The summed E-state index contributed by atoms with van der Waals surface area (Å²) in [6.45, 7) is 1.18. The molecule has 2 aromatic carbocycles. The Balaban J connectivity index is 2.16. The Bertz CT molecular complexity index is 883. The van der Waals surface area contributed by atoms with Crippen LogP contribution < -0.4 is 10.1 Å². The van der Waals surface area contributed by atoms with Crippen LogP contribution in [0.3, 0.4) is 0 Å². The molecule has 0 aliphatic carbocycles. The van der Waals surface area contributed by atoms with E-state index in [1.807, 2.05) is 5.32 Å². The van der Waals surface area contributed by atoms with Gasteiger partial charge in [-0.15, -0.1) is 0 Å². The van der Waals surface area contributed by atoms with Gasteiger partial charge in [-0.25, -0.2) is 13.6 Å². The Morgan fingerprint density at radius 2 is 1.81 bits per heavy atom.